The van der Waals surface area contributed by atoms with Gasteiger partial charge in [0.25, 0.3) is 0 Å². The molecule has 1 spiro atoms. The molecule has 3 aliphatic heterocycles. The summed E-state index contributed by atoms with van der Waals surface area (Å²) in [6.07, 6.45) is 2.67. The van der Waals surface area contributed by atoms with Crippen molar-refractivity contribution in [2.75, 3.05) is 53.0 Å². The molecule has 3 heterocycles. The fourth-order valence-corrected chi connectivity index (χ4v) is 4.69. The molecule has 1 aromatic carbocycles. The predicted molar refractivity (Wildman–Crippen MR) is 104 cm³/mol. The Morgan fingerprint density at radius 1 is 1.07 bits per heavy atom. The maximum atomic E-state index is 12.4. The third-order valence-corrected chi connectivity index (χ3v) is 6.48. The number of rotatable bonds is 3. The van der Waals surface area contributed by atoms with Crippen LogP contribution in [-0.4, -0.2) is 79.1 Å². The Morgan fingerprint density at radius 2 is 1.89 bits per heavy atom. The quantitative estimate of drug-likeness (QED) is 0.811. The van der Waals surface area contributed by atoms with Crippen LogP contribution in [0.1, 0.15) is 31.7 Å². The molecule has 3 aliphatic rings. The first-order chi connectivity index (χ1) is 13.1. The fourth-order valence-electron chi connectivity index (χ4n) is 4.69. The van der Waals surface area contributed by atoms with E-state index in [2.05, 4.69) is 35.9 Å². The zero-order valence-corrected chi connectivity index (χ0v) is 16.6. The summed E-state index contributed by atoms with van der Waals surface area (Å²) in [4.78, 5) is 19.4. The molecule has 0 saturated carbocycles. The normalized spacial score (nSPS) is 27.0. The first-order valence-corrected chi connectivity index (χ1v) is 10.2. The van der Waals surface area contributed by atoms with E-state index in [9.17, 15) is 4.79 Å². The molecule has 0 aliphatic carbocycles. The highest BCUT2D eigenvalue weighted by molar-refractivity contribution is 5.76. The van der Waals surface area contributed by atoms with E-state index in [0.717, 1.165) is 63.6 Å². The van der Waals surface area contributed by atoms with Gasteiger partial charge in [0.15, 0.2) is 11.5 Å². The van der Waals surface area contributed by atoms with Crippen LogP contribution in [0.2, 0.25) is 0 Å². The molecule has 0 aromatic heterocycles. The Kier molecular flexibility index (Phi) is 5.28. The number of likely N-dealkylation sites (tertiary alicyclic amines) is 1. The number of benzene rings is 1. The molecule has 1 aromatic rings. The number of hydrogen-bond acceptors (Lipinski definition) is 5. The first kappa shape index (κ1) is 18.6. The van der Waals surface area contributed by atoms with Crippen molar-refractivity contribution in [3.63, 3.8) is 0 Å². The minimum absolute atomic E-state index is 0.103. The molecular weight excluding hydrogens is 342 g/mol. The number of carbonyl (C=O) groups is 1. The molecule has 0 N–H and O–H groups in total. The Morgan fingerprint density at radius 3 is 2.70 bits per heavy atom. The molecular formula is C21H31N3O3. The van der Waals surface area contributed by atoms with E-state index < -0.39 is 0 Å². The van der Waals surface area contributed by atoms with Crippen LogP contribution in [0.15, 0.2) is 18.2 Å². The van der Waals surface area contributed by atoms with Gasteiger partial charge in [0, 0.05) is 51.2 Å². The standard InChI is InChI=1S/C21H31N3O3/c1-3-24-9-8-21(7-6-20(24)25)16-23(11-10-22(21)2)15-17-4-5-18-19(14-17)27-13-12-26-18/h4-5,14H,3,6-13,15-16H2,1-2H3. The van der Waals surface area contributed by atoms with Gasteiger partial charge in [-0.15, -0.1) is 0 Å². The van der Waals surface area contributed by atoms with Crippen molar-refractivity contribution in [2.45, 2.75) is 38.3 Å². The van der Waals surface area contributed by atoms with Crippen LogP contribution >= 0.6 is 0 Å². The van der Waals surface area contributed by atoms with Crippen molar-refractivity contribution in [2.24, 2.45) is 0 Å². The summed E-state index contributed by atoms with van der Waals surface area (Å²) < 4.78 is 11.4. The Bertz CT molecular complexity index is 695. The van der Waals surface area contributed by atoms with Gasteiger partial charge in [0.1, 0.15) is 13.2 Å². The SMILES string of the molecule is CCN1CCC2(CCC1=O)CN(Cc1ccc3c(c1)OCCO3)CCN2C. The van der Waals surface area contributed by atoms with Crippen molar-refractivity contribution in [1.29, 1.82) is 0 Å². The van der Waals surface area contributed by atoms with E-state index >= 15 is 0 Å². The molecule has 6 nitrogen and oxygen atoms in total. The van der Waals surface area contributed by atoms with Gasteiger partial charge in [-0.25, -0.2) is 0 Å². The lowest BCUT2D eigenvalue weighted by Gasteiger charge is -2.49. The van der Waals surface area contributed by atoms with Crippen molar-refractivity contribution in [3.8, 4) is 11.5 Å². The number of likely N-dealkylation sites (N-methyl/N-ethyl adjacent to an activating group) is 1. The maximum Gasteiger partial charge on any atom is 0.222 e. The van der Waals surface area contributed by atoms with E-state index in [1.807, 2.05) is 11.0 Å². The van der Waals surface area contributed by atoms with Gasteiger partial charge in [0.05, 0.1) is 0 Å². The molecule has 148 valence electrons. The summed E-state index contributed by atoms with van der Waals surface area (Å²) in [7, 11) is 2.23. The van der Waals surface area contributed by atoms with Crippen LogP contribution in [0.5, 0.6) is 11.5 Å². The minimum Gasteiger partial charge on any atom is -0.486 e. The van der Waals surface area contributed by atoms with Crippen molar-refractivity contribution < 1.29 is 14.3 Å². The number of ether oxygens (including phenoxy) is 2. The second-order valence-electron chi connectivity index (χ2n) is 8.06. The summed E-state index contributed by atoms with van der Waals surface area (Å²) in [5.74, 6) is 2.02. The van der Waals surface area contributed by atoms with Gasteiger partial charge in [-0.05, 0) is 44.5 Å². The summed E-state index contributed by atoms with van der Waals surface area (Å²) in [5.41, 5.74) is 1.37. The highest BCUT2D eigenvalue weighted by Crippen LogP contribution is 2.34. The maximum absolute atomic E-state index is 12.4. The molecule has 1 atom stereocenters. The van der Waals surface area contributed by atoms with Crippen LogP contribution in [0.25, 0.3) is 0 Å². The average molecular weight is 373 g/mol. The van der Waals surface area contributed by atoms with Gasteiger partial charge in [-0.3, -0.25) is 14.6 Å². The molecule has 0 bridgehead atoms. The Hall–Kier alpha value is -1.79. The van der Waals surface area contributed by atoms with Crippen LogP contribution < -0.4 is 9.47 Å². The zero-order valence-electron chi connectivity index (χ0n) is 16.6. The molecule has 0 radical (unpaired) electrons. The zero-order chi connectivity index (χ0) is 18.9. The van der Waals surface area contributed by atoms with E-state index in [4.69, 9.17) is 9.47 Å². The van der Waals surface area contributed by atoms with Crippen molar-refractivity contribution in [1.82, 2.24) is 14.7 Å². The lowest BCUT2D eigenvalue weighted by atomic mass is 9.86. The smallest absolute Gasteiger partial charge is 0.222 e. The minimum atomic E-state index is 0.103. The fraction of sp³-hybridized carbons (Fsp3) is 0.667. The number of hydrogen-bond donors (Lipinski definition) is 0. The highest BCUT2D eigenvalue weighted by atomic mass is 16.6. The molecule has 1 unspecified atom stereocenters. The number of nitrogens with zero attached hydrogens (tertiary/aromatic N) is 3. The van der Waals surface area contributed by atoms with Crippen molar-refractivity contribution >= 4 is 5.91 Å². The lowest BCUT2D eigenvalue weighted by molar-refractivity contribution is -0.130. The summed E-state index contributed by atoms with van der Waals surface area (Å²) >= 11 is 0. The topological polar surface area (TPSA) is 45.3 Å². The molecule has 27 heavy (non-hydrogen) atoms. The highest BCUT2D eigenvalue weighted by Gasteiger charge is 2.42. The number of carbonyl (C=O) groups excluding carboxylic acids is 1. The van der Waals surface area contributed by atoms with Crippen molar-refractivity contribution in [3.05, 3.63) is 23.8 Å². The van der Waals surface area contributed by atoms with Crippen LogP contribution in [-0.2, 0) is 11.3 Å². The first-order valence-electron chi connectivity index (χ1n) is 10.2. The predicted octanol–water partition coefficient (Wildman–Crippen LogP) is 1.98. The number of fused-ring (bicyclic) bond motifs is 1. The third-order valence-electron chi connectivity index (χ3n) is 6.48. The van der Waals surface area contributed by atoms with E-state index in [0.29, 0.717) is 25.5 Å². The largest absolute Gasteiger partial charge is 0.486 e. The van der Waals surface area contributed by atoms with Gasteiger partial charge in [0.2, 0.25) is 5.91 Å². The Labute approximate surface area is 162 Å². The second kappa shape index (κ2) is 7.68. The van der Waals surface area contributed by atoms with E-state index in [1.165, 1.54) is 5.56 Å². The molecule has 2 saturated heterocycles. The van der Waals surface area contributed by atoms with Gasteiger partial charge < -0.3 is 14.4 Å². The molecule has 4 rings (SSSR count). The van der Waals surface area contributed by atoms with Crippen LogP contribution in [0.4, 0.5) is 0 Å². The van der Waals surface area contributed by atoms with Gasteiger partial charge >= 0.3 is 0 Å². The summed E-state index contributed by atoms with van der Waals surface area (Å²) in [6.45, 7) is 9.05. The van der Waals surface area contributed by atoms with E-state index in [1.54, 1.807) is 0 Å². The molecule has 6 heteroatoms. The van der Waals surface area contributed by atoms with Gasteiger partial charge in [-0.2, -0.15) is 0 Å². The van der Waals surface area contributed by atoms with E-state index in [-0.39, 0.29) is 5.54 Å². The Balaban J connectivity index is 1.46. The average Bonchev–Trinajstić information content (AvgIpc) is 2.84. The second-order valence-corrected chi connectivity index (χ2v) is 8.06. The number of piperazine rings is 1. The monoisotopic (exact) mass is 373 g/mol. The lowest BCUT2D eigenvalue weighted by Crippen LogP contribution is -2.60. The molecule has 1 amide bonds. The molecule has 2 fully saturated rings. The van der Waals surface area contributed by atoms with Gasteiger partial charge in [-0.1, -0.05) is 6.07 Å². The third kappa shape index (κ3) is 3.78. The summed E-state index contributed by atoms with van der Waals surface area (Å²) in [5, 5.41) is 0. The van der Waals surface area contributed by atoms with Crippen LogP contribution in [0, 0.1) is 0 Å². The van der Waals surface area contributed by atoms with Crippen LogP contribution in [0.3, 0.4) is 0 Å². The summed E-state index contributed by atoms with van der Waals surface area (Å²) in [6, 6.07) is 6.29. The number of amides is 1.